The summed E-state index contributed by atoms with van der Waals surface area (Å²) in [5.74, 6) is -2.27. The Morgan fingerprint density at radius 1 is 0.417 bits per heavy atom. The van der Waals surface area contributed by atoms with Gasteiger partial charge in [0.2, 0.25) is 29.5 Å². The fourth-order valence-corrected chi connectivity index (χ4v) is 9.28. The highest BCUT2D eigenvalue weighted by atomic mass is 16.8. The Labute approximate surface area is 485 Å². The van der Waals surface area contributed by atoms with Crippen LogP contribution in [0.25, 0.3) is 0 Å². The summed E-state index contributed by atoms with van der Waals surface area (Å²) in [7, 11) is 0. The molecular weight excluding hydrogens is 1130 g/mol. The number of amides is 5. The van der Waals surface area contributed by atoms with Gasteiger partial charge in [0, 0.05) is 58.4 Å². The van der Waals surface area contributed by atoms with E-state index in [1.54, 1.807) is 0 Å². The molecule has 4 rings (SSSR count). The highest BCUT2D eigenvalue weighted by molar-refractivity contribution is 5.84. The molecule has 0 bridgehead atoms. The van der Waals surface area contributed by atoms with E-state index in [1.807, 2.05) is 6.92 Å². The molecule has 0 radical (unpaired) electrons. The molecule has 4 aliphatic heterocycles. The summed E-state index contributed by atoms with van der Waals surface area (Å²) in [6.45, 7) is -0.169. The molecule has 5 amide bonds. The van der Waals surface area contributed by atoms with Crippen molar-refractivity contribution in [3.8, 4) is 0 Å². The highest BCUT2D eigenvalue weighted by Crippen LogP contribution is 2.31. The van der Waals surface area contributed by atoms with E-state index in [4.69, 9.17) is 37.9 Å². The summed E-state index contributed by atoms with van der Waals surface area (Å²) in [6, 6.07) is 0. The maximum atomic E-state index is 13.1. The summed E-state index contributed by atoms with van der Waals surface area (Å²) >= 11 is 0. The van der Waals surface area contributed by atoms with Crippen molar-refractivity contribution >= 4 is 35.3 Å². The molecule has 0 aliphatic carbocycles. The zero-order valence-corrected chi connectivity index (χ0v) is 47.3. The molecule has 84 heavy (non-hydrogen) atoms. The van der Waals surface area contributed by atoms with Crippen LogP contribution in [0.2, 0.25) is 0 Å². The minimum absolute atomic E-state index is 0.000435. The maximum Gasteiger partial charge on any atom is 0.234 e. The quantitative estimate of drug-likeness (QED) is 0.0257. The molecule has 33 heteroatoms. The zero-order valence-electron chi connectivity index (χ0n) is 47.3. The smallest absolute Gasteiger partial charge is 0.234 e. The van der Waals surface area contributed by atoms with E-state index >= 15 is 0 Å². The Hall–Kier alpha value is -3.86. The topological polar surface area (TPSA) is 503 Å². The number of ketones is 1. The third kappa shape index (κ3) is 23.3. The van der Waals surface area contributed by atoms with E-state index < -0.39 is 173 Å². The predicted octanol–water partition coefficient (Wildman–Crippen LogP) is -9.33. The van der Waals surface area contributed by atoms with Crippen LogP contribution in [0.1, 0.15) is 78.1 Å². The first kappa shape index (κ1) is 72.6. The second-order valence-electron chi connectivity index (χ2n) is 21.0. The van der Waals surface area contributed by atoms with E-state index in [1.165, 1.54) is 11.8 Å². The zero-order chi connectivity index (χ0) is 62.0. The molecule has 4 saturated heterocycles. The summed E-state index contributed by atoms with van der Waals surface area (Å²) in [5, 5.41) is 147. The summed E-state index contributed by atoms with van der Waals surface area (Å²) in [4.78, 5) is 77.4. The van der Waals surface area contributed by atoms with Crippen LogP contribution in [0.5, 0.6) is 0 Å². The average molecular weight is 1220 g/mol. The lowest BCUT2D eigenvalue weighted by molar-refractivity contribution is -0.366. The predicted molar refractivity (Wildman–Crippen MR) is 282 cm³/mol. The Morgan fingerprint density at radius 3 is 1.35 bits per heavy atom. The van der Waals surface area contributed by atoms with Gasteiger partial charge >= 0.3 is 0 Å². The van der Waals surface area contributed by atoms with Gasteiger partial charge in [0.05, 0.1) is 58.8 Å². The van der Waals surface area contributed by atoms with E-state index in [0.29, 0.717) is 38.6 Å². The Morgan fingerprint density at radius 2 is 0.845 bits per heavy atom. The molecule has 0 spiro atoms. The van der Waals surface area contributed by atoms with Gasteiger partial charge in [-0.25, -0.2) is 0 Å². The molecule has 0 unspecified atom stereocenters. The van der Waals surface area contributed by atoms with Crippen molar-refractivity contribution in [1.82, 2.24) is 31.5 Å². The van der Waals surface area contributed by atoms with Gasteiger partial charge in [0.15, 0.2) is 25.2 Å². The SMILES string of the molecule is CCCC(=O)CCCCCNC(=O)CN(CC(=O)NCCCC(=O)NCCO[C@@H]1O[C@@H](C)[C@@H](O)[C@@H](O)[C@@H]1O)CC(=O)NCCCC(=O)NCCO[C@H]1O[C@H](CO[C@H]2O[C@H](CO)[C@@H](O)[C@H](O)[C@@H]2O)[C@@H](O)[C@H](O[C@H]2O[C@H](CO)[C@@H](O)[C@H](O)[C@@H]2O)[C@@H]1O. The van der Waals surface area contributed by atoms with Gasteiger partial charge in [0.25, 0.3) is 0 Å². The maximum absolute atomic E-state index is 13.1. The number of carbonyl (C=O) groups is 6. The average Bonchev–Trinajstić information content (AvgIpc) is 3.58. The van der Waals surface area contributed by atoms with Gasteiger partial charge < -0.3 is 131 Å². The lowest BCUT2D eigenvalue weighted by atomic mass is 9.96. The minimum atomic E-state index is -1.96. The molecule has 0 saturated carbocycles. The molecule has 20 atom stereocenters. The first-order chi connectivity index (χ1) is 40.0. The second kappa shape index (κ2) is 37.7. The van der Waals surface area contributed by atoms with E-state index in [0.717, 1.165) is 6.42 Å². The number of nitrogens with zero attached hydrogens (tertiary/aromatic N) is 1. The monoisotopic (exact) mass is 1220 g/mol. The van der Waals surface area contributed by atoms with Gasteiger partial charge in [-0.15, -0.1) is 0 Å². The van der Waals surface area contributed by atoms with Crippen molar-refractivity contribution in [2.75, 3.05) is 85.4 Å². The van der Waals surface area contributed by atoms with Crippen LogP contribution < -0.4 is 26.6 Å². The van der Waals surface area contributed by atoms with Crippen molar-refractivity contribution in [3.05, 3.63) is 0 Å². The number of hydrogen-bond donors (Lipinski definition) is 18. The van der Waals surface area contributed by atoms with Crippen LogP contribution >= 0.6 is 0 Å². The van der Waals surface area contributed by atoms with Crippen LogP contribution in [-0.2, 0) is 66.7 Å². The molecule has 0 aromatic heterocycles. The van der Waals surface area contributed by atoms with Crippen LogP contribution in [-0.4, -0.2) is 315 Å². The van der Waals surface area contributed by atoms with E-state index in [9.17, 15) is 95.2 Å². The molecule has 4 fully saturated rings. The molecule has 4 aliphatic rings. The lowest BCUT2D eigenvalue weighted by Gasteiger charge is -2.46. The number of carbonyl (C=O) groups excluding carboxylic acids is 6. The van der Waals surface area contributed by atoms with E-state index in [2.05, 4.69) is 26.6 Å². The number of aliphatic hydroxyl groups excluding tert-OH is 13. The number of ether oxygens (including phenoxy) is 8. The molecule has 0 aromatic rings. The van der Waals surface area contributed by atoms with Gasteiger partial charge in [-0.3, -0.25) is 33.7 Å². The number of aliphatic hydroxyl groups is 13. The lowest BCUT2D eigenvalue weighted by Crippen LogP contribution is -2.65. The highest BCUT2D eigenvalue weighted by Gasteiger charge is 2.52. The summed E-state index contributed by atoms with van der Waals surface area (Å²) in [5.41, 5.74) is 0. The van der Waals surface area contributed by atoms with Crippen molar-refractivity contribution < 1.29 is 133 Å². The number of Topliss-reactive ketones (excluding diaryl/α,β-unsaturated/α-hetero) is 1. The Kier molecular flexibility index (Phi) is 32.6. The Balaban J connectivity index is 1.22. The Bertz CT molecular complexity index is 1990. The first-order valence-electron chi connectivity index (χ1n) is 28.4. The van der Waals surface area contributed by atoms with Crippen molar-refractivity contribution in [2.24, 2.45) is 0 Å². The number of unbranched alkanes of at least 4 members (excludes halogenated alkanes) is 2. The van der Waals surface area contributed by atoms with Crippen LogP contribution in [0.15, 0.2) is 0 Å². The number of rotatable bonds is 37. The van der Waals surface area contributed by atoms with Crippen molar-refractivity contribution in [2.45, 2.75) is 201 Å². The first-order valence-corrected chi connectivity index (χ1v) is 28.4. The third-order valence-corrected chi connectivity index (χ3v) is 14.2. The van der Waals surface area contributed by atoms with Crippen molar-refractivity contribution in [1.29, 1.82) is 0 Å². The van der Waals surface area contributed by atoms with Crippen LogP contribution in [0, 0.1) is 0 Å². The van der Waals surface area contributed by atoms with Crippen LogP contribution in [0.3, 0.4) is 0 Å². The third-order valence-electron chi connectivity index (χ3n) is 14.2. The number of nitrogens with one attached hydrogen (secondary N) is 5. The molecule has 33 nitrogen and oxygen atoms in total. The largest absolute Gasteiger partial charge is 0.394 e. The minimum Gasteiger partial charge on any atom is -0.394 e. The van der Waals surface area contributed by atoms with Crippen LogP contribution in [0.4, 0.5) is 0 Å². The standard InChI is InChI=1S/C51H90N6O27/c1-3-9-27(60)10-5-4-6-13-52-33(63)20-57(21-34(64)53-14-7-11-31(61)55-16-18-77-48-43(73)40(70)36(66)26(2)80-48)22-35(65)54-15-8-12-32(62)56-17-19-78-50-46(76)47(84-51-45(75)42(72)38(68)29(24-59)82-51)39(69)30(83-50)25-79-49-44(74)41(71)37(67)28(23-58)81-49/h26,28-30,36-51,58-59,66-76H,3-25H2,1-2H3,(H,52,63)(H,53,64)(H,54,65)(H,55,61)(H,56,62)/t26-,28+,29+,30+,36+,37+,38+,39+,40+,41-,42-,43-,44-,45-,46-,47-,48+,49-,50-,51+/m0/s1. The molecule has 486 valence electrons. The molecule has 0 aromatic carbocycles. The van der Waals surface area contributed by atoms with E-state index in [-0.39, 0.29) is 89.9 Å². The summed E-state index contributed by atoms with van der Waals surface area (Å²) < 4.78 is 44.2. The van der Waals surface area contributed by atoms with Gasteiger partial charge in [-0.1, -0.05) is 13.3 Å². The molecular formula is C51H90N6O27. The van der Waals surface area contributed by atoms with Gasteiger partial charge in [-0.2, -0.15) is 0 Å². The van der Waals surface area contributed by atoms with Crippen molar-refractivity contribution in [3.63, 3.8) is 0 Å². The summed E-state index contributed by atoms with van der Waals surface area (Å²) in [6.07, 6.45) is -28.4. The number of hydrogen-bond acceptors (Lipinski definition) is 28. The van der Waals surface area contributed by atoms with Gasteiger partial charge in [-0.05, 0) is 39.0 Å². The normalized spacial score (nSPS) is 33.5. The fraction of sp³-hybridized carbons (Fsp3) is 0.882. The molecule has 18 N–H and O–H groups in total. The second-order valence-corrected chi connectivity index (χ2v) is 21.0. The van der Waals surface area contributed by atoms with Gasteiger partial charge in [0.1, 0.15) is 97.3 Å². The fourth-order valence-electron chi connectivity index (χ4n) is 9.28. The molecule has 4 heterocycles.